The summed E-state index contributed by atoms with van der Waals surface area (Å²) in [6.07, 6.45) is 0.757. The molecule has 0 radical (unpaired) electrons. The Hall–Kier alpha value is -0.654. The second-order valence-electron chi connectivity index (χ2n) is 7.71. The molecule has 0 aromatic heterocycles. The monoisotopic (exact) mass is 703 g/mol. The molecule has 2 rings (SSSR count). The summed E-state index contributed by atoms with van der Waals surface area (Å²) in [7, 11) is 3.04. The second kappa shape index (κ2) is 20.3. The molecule has 0 heterocycles. The molecule has 10 heteroatoms. The predicted molar refractivity (Wildman–Crippen MR) is 150 cm³/mol. The van der Waals surface area contributed by atoms with Crippen molar-refractivity contribution in [3.8, 4) is 11.5 Å². The van der Waals surface area contributed by atoms with Crippen molar-refractivity contribution in [3.63, 3.8) is 0 Å². The average Bonchev–Trinajstić information content (AvgIpc) is 2.75. The SMILES string of the molecule is CC(=O)CCOc1cc(C)c(Br)c(C)c1.CON(C)C(=O)CCOc1cc(C)c(Br)c(C)c1.[Br-].[CH3-].[Mg+2]. The molecule has 0 atom stereocenters. The predicted octanol–water partition coefficient (Wildman–Crippen LogP) is 3.35. The molecule has 198 valence electrons. The summed E-state index contributed by atoms with van der Waals surface area (Å²) in [5.41, 5.74) is 4.52. The van der Waals surface area contributed by atoms with E-state index in [0.29, 0.717) is 26.1 Å². The maximum atomic E-state index is 11.5. The number of Topliss-reactive ketones (excluding diaryl/α,β-unsaturated/α-hetero) is 1. The summed E-state index contributed by atoms with van der Waals surface area (Å²) in [5.74, 6) is 1.65. The third-order valence-electron chi connectivity index (χ3n) is 4.75. The fourth-order valence-corrected chi connectivity index (χ4v) is 3.26. The minimum Gasteiger partial charge on any atom is -1.00 e. The van der Waals surface area contributed by atoms with Gasteiger partial charge in [-0.05, 0) is 81.1 Å². The van der Waals surface area contributed by atoms with Crippen molar-refractivity contribution in [2.24, 2.45) is 0 Å². The molecular formula is C26H36Br3MgNO5. The van der Waals surface area contributed by atoms with Gasteiger partial charge in [-0.2, -0.15) is 0 Å². The van der Waals surface area contributed by atoms with E-state index < -0.39 is 0 Å². The maximum Gasteiger partial charge on any atom is 2.00 e. The van der Waals surface area contributed by atoms with Crippen LogP contribution in [0, 0.1) is 35.1 Å². The largest absolute Gasteiger partial charge is 2.00 e. The first-order valence-corrected chi connectivity index (χ1v) is 12.1. The number of aryl methyl sites for hydroxylation is 4. The average molecular weight is 707 g/mol. The maximum absolute atomic E-state index is 11.5. The Morgan fingerprint density at radius 2 is 1.14 bits per heavy atom. The van der Waals surface area contributed by atoms with E-state index in [9.17, 15) is 9.59 Å². The van der Waals surface area contributed by atoms with E-state index in [4.69, 9.17) is 14.3 Å². The molecule has 2 aromatic carbocycles. The number of ether oxygens (including phenoxy) is 2. The van der Waals surface area contributed by atoms with E-state index in [1.807, 2.05) is 52.0 Å². The Kier molecular flexibility index (Phi) is 22.5. The molecule has 0 unspecified atom stereocenters. The number of halogens is 3. The Balaban J connectivity index is -0.000000566. The molecule has 6 nitrogen and oxygen atoms in total. The van der Waals surface area contributed by atoms with Crippen LogP contribution in [0.4, 0.5) is 0 Å². The quantitative estimate of drug-likeness (QED) is 0.228. The van der Waals surface area contributed by atoms with Gasteiger partial charge >= 0.3 is 23.1 Å². The smallest absolute Gasteiger partial charge is 1.00 e. The van der Waals surface area contributed by atoms with E-state index in [0.717, 1.165) is 42.7 Å². The molecule has 0 saturated heterocycles. The molecule has 0 aliphatic carbocycles. The molecule has 0 bridgehead atoms. The molecule has 0 fully saturated rings. The minimum atomic E-state index is -0.108. The number of hydroxylamine groups is 2. The molecule has 0 aliphatic rings. The van der Waals surface area contributed by atoms with Crippen molar-refractivity contribution in [1.29, 1.82) is 0 Å². The Bertz CT molecular complexity index is 927. The van der Waals surface area contributed by atoms with Gasteiger partial charge in [-0.3, -0.25) is 14.4 Å². The van der Waals surface area contributed by atoms with Gasteiger partial charge in [0.25, 0.3) is 0 Å². The summed E-state index contributed by atoms with van der Waals surface area (Å²) in [6, 6.07) is 7.83. The first-order chi connectivity index (χ1) is 15.5. The number of carbonyl (C=O) groups is 2. The summed E-state index contributed by atoms with van der Waals surface area (Å²) in [5, 5.41) is 1.20. The van der Waals surface area contributed by atoms with Gasteiger partial charge in [0, 0.05) is 22.4 Å². The first-order valence-electron chi connectivity index (χ1n) is 10.5. The van der Waals surface area contributed by atoms with Gasteiger partial charge < -0.3 is 33.9 Å². The number of amides is 1. The van der Waals surface area contributed by atoms with Crippen molar-refractivity contribution < 1.29 is 40.9 Å². The van der Waals surface area contributed by atoms with Crippen LogP contribution in [-0.2, 0) is 14.4 Å². The van der Waals surface area contributed by atoms with E-state index in [1.165, 1.54) is 12.2 Å². The topological polar surface area (TPSA) is 65.1 Å². The molecule has 1 amide bonds. The van der Waals surface area contributed by atoms with Gasteiger partial charge in [-0.15, -0.1) is 0 Å². The van der Waals surface area contributed by atoms with Crippen LogP contribution >= 0.6 is 31.9 Å². The number of ketones is 1. The molecule has 0 aliphatic heterocycles. The minimum absolute atomic E-state index is 0. The first kappa shape index (κ1) is 39.9. The van der Waals surface area contributed by atoms with Gasteiger partial charge in [-0.1, -0.05) is 31.9 Å². The summed E-state index contributed by atoms with van der Waals surface area (Å²) in [6.45, 7) is 10.4. The normalized spacial score (nSPS) is 9.36. The van der Waals surface area contributed by atoms with Crippen molar-refractivity contribution in [3.05, 3.63) is 62.9 Å². The van der Waals surface area contributed by atoms with Gasteiger partial charge in [0.15, 0.2) is 0 Å². The Morgan fingerprint density at radius 1 is 0.806 bits per heavy atom. The van der Waals surface area contributed by atoms with E-state index in [1.54, 1.807) is 14.0 Å². The van der Waals surface area contributed by atoms with Crippen molar-refractivity contribution in [2.75, 3.05) is 27.4 Å². The van der Waals surface area contributed by atoms with Gasteiger partial charge in [0.2, 0.25) is 5.91 Å². The zero-order chi connectivity index (χ0) is 25.1. The van der Waals surface area contributed by atoms with Crippen LogP contribution in [0.15, 0.2) is 33.2 Å². The summed E-state index contributed by atoms with van der Waals surface area (Å²) < 4.78 is 13.3. The second-order valence-corrected chi connectivity index (χ2v) is 9.30. The number of rotatable bonds is 9. The standard InChI is InChI=1S/C13H18BrNO3.C12H15BrO2.CH3.BrH.Mg/c1-9-7-11(8-10(2)13(9)14)18-6-5-12(16)15(3)17-4;1-8-6-11(7-9(2)12(8)13)15-5-4-10(3)14;;;/h7-8H,5-6H2,1-4H3;6-7H,4-5H2,1-3H3;1H3;1H;/q;;-1;;+2/p-1. The van der Waals surface area contributed by atoms with Crippen LogP contribution in [0.25, 0.3) is 0 Å². The molecule has 0 saturated carbocycles. The van der Waals surface area contributed by atoms with Crippen LogP contribution in [0.5, 0.6) is 11.5 Å². The van der Waals surface area contributed by atoms with Crippen LogP contribution < -0.4 is 26.5 Å². The summed E-state index contributed by atoms with van der Waals surface area (Å²) in [4.78, 5) is 27.0. The van der Waals surface area contributed by atoms with Crippen molar-refractivity contribution >= 4 is 66.6 Å². The van der Waals surface area contributed by atoms with Gasteiger partial charge in [0.1, 0.15) is 17.3 Å². The van der Waals surface area contributed by atoms with Crippen molar-refractivity contribution in [2.45, 2.75) is 47.5 Å². The van der Waals surface area contributed by atoms with Crippen LogP contribution in [0.1, 0.15) is 42.0 Å². The van der Waals surface area contributed by atoms with Crippen LogP contribution in [-0.4, -0.2) is 67.2 Å². The zero-order valence-corrected chi connectivity index (χ0v) is 28.6. The van der Waals surface area contributed by atoms with Crippen LogP contribution in [0.3, 0.4) is 0 Å². The van der Waals surface area contributed by atoms with E-state index in [-0.39, 0.29) is 59.2 Å². The Morgan fingerprint density at radius 3 is 1.44 bits per heavy atom. The van der Waals surface area contributed by atoms with Gasteiger partial charge in [-0.25, -0.2) is 5.06 Å². The molecular weight excluding hydrogens is 670 g/mol. The summed E-state index contributed by atoms with van der Waals surface area (Å²) >= 11 is 7.00. The third-order valence-corrected chi connectivity index (χ3v) is 7.25. The zero-order valence-electron chi connectivity index (χ0n) is 22.5. The Labute approximate surface area is 260 Å². The van der Waals surface area contributed by atoms with Crippen molar-refractivity contribution in [1.82, 2.24) is 5.06 Å². The molecule has 0 spiro atoms. The molecule has 36 heavy (non-hydrogen) atoms. The van der Waals surface area contributed by atoms with Gasteiger partial charge in [0.05, 0.1) is 26.7 Å². The van der Waals surface area contributed by atoms with E-state index in [2.05, 4.69) is 31.9 Å². The van der Waals surface area contributed by atoms with E-state index >= 15 is 0 Å². The fraction of sp³-hybridized carbons (Fsp3) is 0.423. The molecule has 2 aromatic rings. The van der Waals surface area contributed by atoms with Crippen LogP contribution in [0.2, 0.25) is 0 Å². The number of hydrogen-bond acceptors (Lipinski definition) is 5. The number of carbonyl (C=O) groups excluding carboxylic acids is 2. The fourth-order valence-electron chi connectivity index (χ4n) is 2.81. The third kappa shape index (κ3) is 14.3. The number of benzene rings is 2. The number of hydrogen-bond donors (Lipinski definition) is 0. The number of nitrogens with zero attached hydrogens (tertiary/aromatic N) is 1. The molecule has 0 N–H and O–H groups in total.